The number of carbonyl (C=O) groups is 1. The van der Waals surface area contributed by atoms with E-state index in [2.05, 4.69) is 22.5 Å². The first kappa shape index (κ1) is 33.5. The molecule has 1 aliphatic rings. The molecule has 0 bridgehead atoms. The molecule has 0 aliphatic carbocycles. The zero-order chi connectivity index (χ0) is 35.4. The van der Waals surface area contributed by atoms with Gasteiger partial charge in [0.1, 0.15) is 17.4 Å². The fourth-order valence-electron chi connectivity index (χ4n) is 6.28. The zero-order valence-corrected chi connectivity index (χ0v) is 27.5. The lowest BCUT2D eigenvalue weighted by molar-refractivity contribution is -0.130. The molecule has 4 heterocycles. The molecule has 49 heavy (non-hydrogen) atoms. The van der Waals surface area contributed by atoms with Gasteiger partial charge in [0.2, 0.25) is 5.91 Å². The molecule has 3 aromatic heterocycles. The van der Waals surface area contributed by atoms with Crippen molar-refractivity contribution in [2.45, 2.75) is 32.6 Å². The Morgan fingerprint density at radius 3 is 2.61 bits per heavy atom. The van der Waals surface area contributed by atoms with Crippen LogP contribution >= 0.6 is 11.6 Å². The maximum atomic E-state index is 15.3. The Kier molecular flexibility index (Phi) is 8.58. The van der Waals surface area contributed by atoms with Gasteiger partial charge in [-0.15, -0.1) is 6.42 Å². The fraction of sp³-hybridized carbons (Fsp3) is 0.250. The van der Waals surface area contributed by atoms with Crippen LogP contribution in [0.25, 0.3) is 38.8 Å². The van der Waals surface area contributed by atoms with E-state index in [0.29, 0.717) is 22.3 Å². The molecule has 0 spiro atoms. The van der Waals surface area contributed by atoms with Crippen LogP contribution in [0.1, 0.15) is 36.6 Å². The van der Waals surface area contributed by atoms with Crippen LogP contribution in [0, 0.1) is 25.1 Å². The zero-order valence-electron chi connectivity index (χ0n) is 26.8. The number of terminal acetylenes is 1. The molecule has 0 saturated carbocycles. The highest BCUT2D eigenvalue weighted by Crippen LogP contribution is 2.41. The molecule has 2 aromatic carbocycles. The predicted octanol–water partition coefficient (Wildman–Crippen LogP) is 6.38. The van der Waals surface area contributed by atoms with E-state index in [1.807, 2.05) is 13.8 Å². The summed E-state index contributed by atoms with van der Waals surface area (Å²) in [5, 5.41) is 11.5. The number of alkyl halides is 2. The normalized spacial score (nSPS) is 14.7. The Hall–Kier alpha value is -5.41. The van der Waals surface area contributed by atoms with Crippen molar-refractivity contribution in [3.05, 3.63) is 93.4 Å². The first-order chi connectivity index (χ1) is 23.2. The third-order valence-corrected chi connectivity index (χ3v) is 8.74. The van der Waals surface area contributed by atoms with Gasteiger partial charge in [0.25, 0.3) is 5.92 Å². The van der Waals surface area contributed by atoms with Crippen LogP contribution in [0.2, 0.25) is 5.02 Å². The Labute approximate surface area is 284 Å². The largest absolute Gasteiger partial charge is 0.508 e. The standard InChI is InChI=1S/C36H30ClF3N6O3/c1-6-23-27(38)9-8-21-14-22(47)15-24(29(21)23)31-26(37)16-25-33(45-13-12-44(28(48)7-2)17-36(39,40)18-45)43-35(49)46(34(25)42-31)32-20(5)10-11-41-30(32)19(3)4/h1,7-11,14-16,19,47H,2,12-13,17-18H2,3-5H3. The van der Waals surface area contributed by atoms with Gasteiger partial charge < -0.3 is 14.9 Å². The lowest BCUT2D eigenvalue weighted by Crippen LogP contribution is -2.41. The van der Waals surface area contributed by atoms with Crippen LogP contribution in [0.15, 0.2) is 60.0 Å². The number of hydrogen-bond acceptors (Lipinski definition) is 7. The molecule has 1 N–H and O–H groups in total. The minimum atomic E-state index is -3.38. The van der Waals surface area contributed by atoms with Gasteiger partial charge in [0.15, 0.2) is 5.65 Å². The first-order valence-electron chi connectivity index (χ1n) is 15.3. The highest BCUT2D eigenvalue weighted by Gasteiger charge is 2.39. The van der Waals surface area contributed by atoms with Crippen molar-refractivity contribution in [1.29, 1.82) is 0 Å². The number of aromatic hydroxyl groups is 1. The van der Waals surface area contributed by atoms with E-state index >= 15 is 13.2 Å². The highest BCUT2D eigenvalue weighted by atomic mass is 35.5. The molecule has 1 fully saturated rings. The summed E-state index contributed by atoms with van der Waals surface area (Å²) in [6, 6.07) is 8.55. The number of aryl methyl sites for hydroxylation is 1. The molecule has 6 rings (SSSR count). The third-order valence-electron chi connectivity index (χ3n) is 8.45. The van der Waals surface area contributed by atoms with Gasteiger partial charge in [0, 0.05) is 30.2 Å². The summed E-state index contributed by atoms with van der Waals surface area (Å²) in [6.07, 6.45) is 8.31. The number of aromatic nitrogens is 4. The lowest BCUT2D eigenvalue weighted by Gasteiger charge is -2.26. The molecular weight excluding hydrogens is 657 g/mol. The number of phenolic OH excluding ortho intramolecular Hbond substituents is 1. The molecule has 0 unspecified atom stereocenters. The van der Waals surface area contributed by atoms with E-state index in [4.69, 9.17) is 23.0 Å². The summed E-state index contributed by atoms with van der Waals surface area (Å²) in [7, 11) is 0. The van der Waals surface area contributed by atoms with E-state index in [1.54, 1.807) is 19.2 Å². The minimum Gasteiger partial charge on any atom is -0.508 e. The van der Waals surface area contributed by atoms with Gasteiger partial charge in [0.05, 0.1) is 46.1 Å². The number of nitrogens with zero attached hydrogens (tertiary/aromatic N) is 6. The average molecular weight is 687 g/mol. The van der Waals surface area contributed by atoms with Crippen molar-refractivity contribution in [1.82, 2.24) is 24.4 Å². The molecule has 9 nitrogen and oxygen atoms in total. The predicted molar refractivity (Wildman–Crippen MR) is 183 cm³/mol. The summed E-state index contributed by atoms with van der Waals surface area (Å²) < 4.78 is 46.9. The number of phenols is 1. The number of hydrogen-bond donors (Lipinski definition) is 1. The van der Waals surface area contributed by atoms with Crippen molar-refractivity contribution in [2.24, 2.45) is 0 Å². The van der Waals surface area contributed by atoms with Gasteiger partial charge in [-0.2, -0.15) is 4.98 Å². The van der Waals surface area contributed by atoms with Crippen LogP contribution < -0.4 is 10.6 Å². The molecular formula is C36H30ClF3N6O3. The van der Waals surface area contributed by atoms with Gasteiger partial charge >= 0.3 is 5.69 Å². The van der Waals surface area contributed by atoms with Gasteiger partial charge in [-0.05, 0) is 60.2 Å². The Balaban J connectivity index is 1.71. The van der Waals surface area contributed by atoms with Gasteiger partial charge in [-0.3, -0.25) is 9.78 Å². The van der Waals surface area contributed by atoms with Crippen LogP contribution in [0.4, 0.5) is 19.0 Å². The van der Waals surface area contributed by atoms with Crippen molar-refractivity contribution in [3.63, 3.8) is 0 Å². The Morgan fingerprint density at radius 1 is 1.16 bits per heavy atom. The second kappa shape index (κ2) is 12.6. The van der Waals surface area contributed by atoms with Crippen molar-refractivity contribution < 1.29 is 23.1 Å². The molecule has 0 radical (unpaired) electrons. The molecule has 250 valence electrons. The van der Waals surface area contributed by atoms with Crippen LogP contribution in [0.5, 0.6) is 5.75 Å². The quantitative estimate of drug-likeness (QED) is 0.169. The molecule has 5 aromatic rings. The Bertz CT molecular complexity index is 2300. The van der Waals surface area contributed by atoms with Crippen molar-refractivity contribution >= 4 is 45.1 Å². The van der Waals surface area contributed by atoms with Gasteiger partial charge in [-0.25, -0.2) is 27.5 Å². The molecule has 0 atom stereocenters. The van der Waals surface area contributed by atoms with E-state index in [0.717, 1.165) is 11.0 Å². The second-order valence-corrected chi connectivity index (χ2v) is 12.6. The monoisotopic (exact) mass is 686 g/mol. The fourth-order valence-corrected chi connectivity index (χ4v) is 6.53. The van der Waals surface area contributed by atoms with Gasteiger partial charge in [-0.1, -0.05) is 44.0 Å². The summed E-state index contributed by atoms with van der Waals surface area (Å²) in [5.41, 5.74) is 0.905. The number of amides is 1. The summed E-state index contributed by atoms with van der Waals surface area (Å²) in [4.78, 5) is 42.4. The summed E-state index contributed by atoms with van der Waals surface area (Å²) >= 11 is 6.91. The number of rotatable bonds is 5. The maximum absolute atomic E-state index is 15.3. The number of halogens is 4. The number of fused-ring (bicyclic) bond motifs is 2. The van der Waals surface area contributed by atoms with Crippen LogP contribution in [0.3, 0.4) is 0 Å². The molecule has 1 amide bonds. The van der Waals surface area contributed by atoms with E-state index in [-0.39, 0.29) is 68.8 Å². The number of carbonyl (C=O) groups excluding carboxylic acids is 1. The summed E-state index contributed by atoms with van der Waals surface area (Å²) in [5.74, 6) is -2.80. The van der Waals surface area contributed by atoms with Crippen LogP contribution in [-0.2, 0) is 4.79 Å². The lowest BCUT2D eigenvalue weighted by atomic mass is 9.96. The van der Waals surface area contributed by atoms with Crippen LogP contribution in [-0.4, -0.2) is 67.5 Å². The topological polar surface area (TPSA) is 104 Å². The van der Waals surface area contributed by atoms with E-state index < -0.39 is 36.4 Å². The molecule has 13 heteroatoms. The number of pyridine rings is 2. The third kappa shape index (κ3) is 5.95. The minimum absolute atomic E-state index is 0.00543. The van der Waals surface area contributed by atoms with Crippen molar-refractivity contribution in [2.75, 3.05) is 31.1 Å². The second-order valence-electron chi connectivity index (χ2n) is 12.2. The molecule has 1 saturated heterocycles. The maximum Gasteiger partial charge on any atom is 0.355 e. The first-order valence-corrected chi connectivity index (χ1v) is 15.7. The smallest absolute Gasteiger partial charge is 0.355 e. The number of benzene rings is 2. The summed E-state index contributed by atoms with van der Waals surface area (Å²) in [6.45, 7) is 7.11. The highest BCUT2D eigenvalue weighted by molar-refractivity contribution is 6.34. The molecule has 1 aliphatic heterocycles. The Morgan fingerprint density at radius 2 is 1.92 bits per heavy atom. The SMILES string of the molecule is C#Cc1c(F)ccc2cc(O)cc(-c3nc4c(cc3Cl)c(N3CCN(C(=O)C=C)CC(F)(F)C3)nc(=O)n4-c3c(C)ccnc3C(C)C)c12. The number of anilines is 1. The van der Waals surface area contributed by atoms with E-state index in [1.165, 1.54) is 39.8 Å². The average Bonchev–Trinajstić information content (AvgIpc) is 3.21. The van der Waals surface area contributed by atoms with E-state index in [9.17, 15) is 14.7 Å². The van der Waals surface area contributed by atoms with Crippen molar-refractivity contribution in [3.8, 4) is 35.0 Å².